The van der Waals surface area contributed by atoms with Crippen molar-refractivity contribution in [2.75, 3.05) is 0 Å². The van der Waals surface area contributed by atoms with Gasteiger partial charge in [0, 0.05) is 11.1 Å². The summed E-state index contributed by atoms with van der Waals surface area (Å²) in [4.78, 5) is 15.3. The van der Waals surface area contributed by atoms with E-state index >= 15 is 0 Å². The second kappa shape index (κ2) is 9.43. The van der Waals surface area contributed by atoms with Gasteiger partial charge < -0.3 is 9.31 Å². The van der Waals surface area contributed by atoms with Crippen LogP contribution < -0.4 is 5.72 Å². The van der Waals surface area contributed by atoms with Crippen LogP contribution >= 0.6 is 0 Å². The van der Waals surface area contributed by atoms with Crippen molar-refractivity contribution in [2.24, 2.45) is 0 Å². The molecular formula is C37H30BN3O2. The van der Waals surface area contributed by atoms with Crippen LogP contribution in [-0.2, 0) is 9.31 Å². The summed E-state index contributed by atoms with van der Waals surface area (Å²) >= 11 is 0. The summed E-state index contributed by atoms with van der Waals surface area (Å²) in [5, 5.41) is 9.14. The predicted octanol–water partition coefficient (Wildman–Crippen LogP) is 8.12. The van der Waals surface area contributed by atoms with Crippen molar-refractivity contribution in [2.45, 2.75) is 38.9 Å². The zero-order chi connectivity index (χ0) is 29.3. The highest BCUT2D eigenvalue weighted by Crippen LogP contribution is 2.38. The Balaban J connectivity index is 1.43. The summed E-state index contributed by atoms with van der Waals surface area (Å²) in [6, 6.07) is 38.2. The topological polar surface area (TPSA) is 57.1 Å². The smallest absolute Gasteiger partial charge is 0.397 e. The van der Waals surface area contributed by atoms with Crippen LogP contribution in [0.1, 0.15) is 27.7 Å². The standard InChI is InChI=1S/C37H30BN3O2/c1-36(2)37(3,4)43-38(42-36)35-40-33(31-21-23-13-5-7-15-25(23)27-17-9-11-19-29(27)31)39-34(41-35)32-22-24-14-6-8-16-26(24)28-18-10-12-20-30(28)32/h5-22H,1-4H3. The molecule has 0 unspecified atom stereocenters. The van der Waals surface area contributed by atoms with Gasteiger partial charge in [-0.3, -0.25) is 0 Å². The van der Waals surface area contributed by atoms with Crippen LogP contribution in [0, 0.1) is 0 Å². The lowest BCUT2D eigenvalue weighted by Crippen LogP contribution is -2.41. The first-order chi connectivity index (χ1) is 20.8. The van der Waals surface area contributed by atoms with E-state index in [-0.39, 0.29) is 0 Å². The Morgan fingerprint density at radius 3 is 1.28 bits per heavy atom. The molecule has 0 radical (unpaired) electrons. The lowest BCUT2D eigenvalue weighted by Gasteiger charge is -2.32. The van der Waals surface area contributed by atoms with Crippen LogP contribution in [0.3, 0.4) is 0 Å². The van der Waals surface area contributed by atoms with Gasteiger partial charge in [-0.15, -0.1) is 0 Å². The van der Waals surface area contributed by atoms with Gasteiger partial charge in [-0.1, -0.05) is 97.1 Å². The molecule has 0 amide bonds. The van der Waals surface area contributed by atoms with Gasteiger partial charge in [0.05, 0.1) is 11.2 Å². The summed E-state index contributed by atoms with van der Waals surface area (Å²) in [6.07, 6.45) is 0. The van der Waals surface area contributed by atoms with E-state index in [0.717, 1.165) is 43.4 Å². The molecule has 8 rings (SSSR count). The monoisotopic (exact) mass is 559 g/mol. The van der Waals surface area contributed by atoms with E-state index in [1.807, 2.05) is 27.7 Å². The Morgan fingerprint density at radius 1 is 0.465 bits per heavy atom. The normalized spacial score (nSPS) is 16.0. The SMILES string of the molecule is CC1(C)OB(c2nc(-c3cc4ccccc4c4ccccc34)nc(-c3cc4ccccc4c4ccccc34)n2)OC1(C)C. The summed E-state index contributed by atoms with van der Waals surface area (Å²) in [6.45, 7) is 8.18. The van der Waals surface area contributed by atoms with Crippen LogP contribution in [0.25, 0.3) is 65.9 Å². The van der Waals surface area contributed by atoms with Crippen LogP contribution in [0.5, 0.6) is 0 Å². The summed E-state index contributed by atoms with van der Waals surface area (Å²) < 4.78 is 12.9. The first kappa shape index (κ1) is 26.0. The predicted molar refractivity (Wildman–Crippen MR) is 176 cm³/mol. The highest BCUT2D eigenvalue weighted by molar-refractivity contribution is 6.60. The first-order valence-electron chi connectivity index (χ1n) is 14.7. The van der Waals surface area contributed by atoms with E-state index in [9.17, 15) is 0 Å². The minimum absolute atomic E-state index is 0.466. The number of benzene rings is 6. The van der Waals surface area contributed by atoms with Gasteiger partial charge >= 0.3 is 7.12 Å². The highest BCUT2D eigenvalue weighted by atomic mass is 16.7. The molecule has 1 aromatic heterocycles. The number of fused-ring (bicyclic) bond motifs is 6. The second-order valence-electron chi connectivity index (χ2n) is 12.3. The van der Waals surface area contributed by atoms with E-state index in [2.05, 4.69) is 109 Å². The molecular weight excluding hydrogens is 529 g/mol. The third kappa shape index (κ3) is 4.13. The molecule has 1 saturated heterocycles. The highest BCUT2D eigenvalue weighted by Gasteiger charge is 2.53. The minimum atomic E-state index is -0.732. The van der Waals surface area contributed by atoms with Gasteiger partial charge in [0.25, 0.3) is 0 Å². The molecule has 7 aromatic rings. The van der Waals surface area contributed by atoms with E-state index in [0.29, 0.717) is 17.4 Å². The van der Waals surface area contributed by atoms with Crippen LogP contribution in [-0.4, -0.2) is 33.3 Å². The average molecular weight is 559 g/mol. The first-order valence-corrected chi connectivity index (χ1v) is 14.7. The Bertz CT molecular complexity index is 2070. The average Bonchev–Trinajstić information content (AvgIpc) is 3.26. The van der Waals surface area contributed by atoms with Crippen molar-refractivity contribution >= 4 is 55.9 Å². The zero-order valence-electron chi connectivity index (χ0n) is 24.6. The lowest BCUT2D eigenvalue weighted by molar-refractivity contribution is 0.00578. The molecule has 0 aliphatic carbocycles. The maximum atomic E-state index is 6.47. The number of nitrogens with zero attached hydrogens (tertiary/aromatic N) is 3. The summed E-state index contributed by atoms with van der Waals surface area (Å²) in [5.74, 6) is 1.18. The molecule has 0 bridgehead atoms. The maximum Gasteiger partial charge on any atom is 0.534 e. The largest absolute Gasteiger partial charge is 0.534 e. The van der Waals surface area contributed by atoms with E-state index in [1.165, 1.54) is 10.8 Å². The molecule has 6 heteroatoms. The lowest BCUT2D eigenvalue weighted by atomic mass is 9.88. The van der Waals surface area contributed by atoms with Crippen molar-refractivity contribution in [1.29, 1.82) is 0 Å². The van der Waals surface area contributed by atoms with Gasteiger partial charge in [0.15, 0.2) is 17.4 Å². The molecule has 208 valence electrons. The van der Waals surface area contributed by atoms with E-state index in [4.69, 9.17) is 24.3 Å². The Morgan fingerprint density at radius 2 is 0.837 bits per heavy atom. The van der Waals surface area contributed by atoms with Crippen molar-refractivity contribution in [1.82, 2.24) is 15.0 Å². The van der Waals surface area contributed by atoms with E-state index < -0.39 is 18.3 Å². The summed E-state index contributed by atoms with van der Waals surface area (Å²) in [5.41, 5.74) is 1.29. The van der Waals surface area contributed by atoms with Gasteiger partial charge in [-0.25, -0.2) is 15.0 Å². The molecule has 1 fully saturated rings. The third-order valence-electron chi connectivity index (χ3n) is 9.13. The molecule has 0 saturated carbocycles. The second-order valence-corrected chi connectivity index (χ2v) is 12.3. The van der Waals surface area contributed by atoms with Gasteiger partial charge in [0.2, 0.25) is 0 Å². The fourth-order valence-electron chi connectivity index (χ4n) is 6.17. The number of hydrogen-bond donors (Lipinski definition) is 0. The number of aromatic nitrogens is 3. The van der Waals surface area contributed by atoms with Crippen molar-refractivity contribution in [3.8, 4) is 22.8 Å². The van der Waals surface area contributed by atoms with Crippen molar-refractivity contribution in [3.63, 3.8) is 0 Å². The molecule has 43 heavy (non-hydrogen) atoms. The van der Waals surface area contributed by atoms with Crippen molar-refractivity contribution < 1.29 is 9.31 Å². The van der Waals surface area contributed by atoms with Crippen LogP contribution in [0.4, 0.5) is 0 Å². The maximum absolute atomic E-state index is 6.47. The molecule has 5 nitrogen and oxygen atoms in total. The molecule has 0 atom stereocenters. The zero-order valence-corrected chi connectivity index (χ0v) is 24.6. The number of hydrogen-bond acceptors (Lipinski definition) is 5. The molecule has 6 aromatic carbocycles. The van der Waals surface area contributed by atoms with Crippen molar-refractivity contribution in [3.05, 3.63) is 109 Å². The Labute approximate surface area is 250 Å². The van der Waals surface area contributed by atoms with Gasteiger partial charge in [-0.2, -0.15) is 0 Å². The molecule has 1 aliphatic heterocycles. The van der Waals surface area contributed by atoms with Gasteiger partial charge in [-0.05, 0) is 82.9 Å². The Hall–Kier alpha value is -4.65. The van der Waals surface area contributed by atoms with E-state index in [1.54, 1.807) is 0 Å². The molecule has 0 spiro atoms. The Kier molecular flexibility index (Phi) is 5.71. The molecule has 0 N–H and O–H groups in total. The molecule has 2 heterocycles. The fraction of sp³-hybridized carbons (Fsp3) is 0.162. The number of rotatable bonds is 3. The quantitative estimate of drug-likeness (QED) is 0.162. The fourth-order valence-corrected chi connectivity index (χ4v) is 6.17. The minimum Gasteiger partial charge on any atom is -0.397 e. The van der Waals surface area contributed by atoms with Crippen LogP contribution in [0.15, 0.2) is 109 Å². The third-order valence-corrected chi connectivity index (χ3v) is 9.13. The van der Waals surface area contributed by atoms with Gasteiger partial charge in [0.1, 0.15) is 0 Å². The molecule has 1 aliphatic rings. The summed E-state index contributed by atoms with van der Waals surface area (Å²) in [7, 11) is -0.732. The van der Waals surface area contributed by atoms with Crippen LogP contribution in [0.2, 0.25) is 0 Å².